The van der Waals surface area contributed by atoms with Gasteiger partial charge in [-0.05, 0) is 53.1 Å². The Kier molecular flexibility index (Phi) is 5.86. The molecule has 0 aliphatic carbocycles. The summed E-state index contributed by atoms with van der Waals surface area (Å²) < 4.78 is 41.6. The maximum Gasteiger partial charge on any atom is 0.416 e. The first kappa shape index (κ1) is 23.1. The lowest BCUT2D eigenvalue weighted by Gasteiger charge is -2.11. The molecule has 0 spiro atoms. The molecule has 2 aromatic heterocycles. The molecule has 3 aromatic carbocycles. The van der Waals surface area contributed by atoms with Crippen LogP contribution in [0.3, 0.4) is 0 Å². The number of fused-ring (bicyclic) bond motifs is 1. The lowest BCUT2D eigenvalue weighted by atomic mass is 9.97. The lowest BCUT2D eigenvalue weighted by molar-refractivity contribution is -0.137. The summed E-state index contributed by atoms with van der Waals surface area (Å²) in [6, 6.07) is 19.0. The van der Waals surface area contributed by atoms with Crippen molar-refractivity contribution in [2.45, 2.75) is 12.7 Å². The van der Waals surface area contributed by atoms with Crippen LogP contribution in [0, 0.1) is 0 Å². The second kappa shape index (κ2) is 8.87. The highest BCUT2D eigenvalue weighted by molar-refractivity contribution is 6.31. The van der Waals surface area contributed by atoms with Crippen LogP contribution in [0.25, 0.3) is 27.9 Å². The van der Waals surface area contributed by atoms with E-state index in [0.29, 0.717) is 21.2 Å². The van der Waals surface area contributed by atoms with Crippen molar-refractivity contribution < 1.29 is 13.2 Å². The van der Waals surface area contributed by atoms with Crippen LogP contribution in [0.4, 0.5) is 13.2 Å². The highest BCUT2D eigenvalue weighted by Gasteiger charge is 2.30. The second-order valence-electron chi connectivity index (χ2n) is 7.82. The van der Waals surface area contributed by atoms with Crippen LogP contribution in [-0.4, -0.2) is 19.4 Å². The molecule has 5 aromatic rings. The van der Waals surface area contributed by atoms with Gasteiger partial charge >= 0.3 is 11.9 Å². The summed E-state index contributed by atoms with van der Waals surface area (Å²) in [5.74, 6) is 0. The smallest absolute Gasteiger partial charge is 0.244 e. The van der Waals surface area contributed by atoms with Gasteiger partial charge in [-0.3, -0.25) is 0 Å². The molecule has 0 aliphatic rings. The van der Waals surface area contributed by atoms with Gasteiger partial charge in [-0.2, -0.15) is 22.8 Å². The molecule has 5 nitrogen and oxygen atoms in total. The summed E-state index contributed by atoms with van der Waals surface area (Å²) in [5.41, 5.74) is 2.05. The Labute approximate surface area is 207 Å². The third kappa shape index (κ3) is 4.54. The van der Waals surface area contributed by atoms with Crippen LogP contribution in [-0.2, 0) is 12.7 Å². The highest BCUT2D eigenvalue weighted by atomic mass is 35.5. The van der Waals surface area contributed by atoms with Gasteiger partial charge in [0, 0.05) is 21.2 Å². The van der Waals surface area contributed by atoms with Gasteiger partial charge in [-0.1, -0.05) is 59.6 Å². The van der Waals surface area contributed by atoms with Gasteiger partial charge in [0.15, 0.2) is 5.65 Å². The van der Waals surface area contributed by atoms with Crippen molar-refractivity contribution >= 4 is 28.8 Å². The molecule has 0 atom stereocenters. The van der Waals surface area contributed by atoms with Crippen LogP contribution in [0.15, 0.2) is 83.8 Å². The van der Waals surface area contributed by atoms with E-state index in [2.05, 4.69) is 10.2 Å². The van der Waals surface area contributed by atoms with Crippen LogP contribution in [0.5, 0.6) is 0 Å². The number of rotatable bonds is 4. The quantitative estimate of drug-likeness (QED) is 0.271. The SMILES string of the molecule is O=c1n(Cc2cccc(C(F)(F)F)c2)nc2c(-c3ccc(Cl)cc3)c(-c3ccc(Cl)cc3)cnn12. The monoisotopic (exact) mass is 514 g/mol. The Bertz CT molecular complexity index is 1590. The third-order valence-electron chi connectivity index (χ3n) is 5.49. The summed E-state index contributed by atoms with van der Waals surface area (Å²) in [6.45, 7) is -0.150. The molecule has 0 bridgehead atoms. The van der Waals surface area contributed by atoms with Gasteiger partial charge in [-0.25, -0.2) is 9.48 Å². The molecular weight excluding hydrogens is 500 g/mol. The van der Waals surface area contributed by atoms with Crippen molar-refractivity contribution in [2.24, 2.45) is 0 Å². The molecule has 0 amide bonds. The first-order valence-electron chi connectivity index (χ1n) is 10.4. The molecule has 35 heavy (non-hydrogen) atoms. The Morgan fingerprint density at radius 2 is 1.49 bits per heavy atom. The summed E-state index contributed by atoms with van der Waals surface area (Å²) >= 11 is 12.1. The van der Waals surface area contributed by atoms with Gasteiger partial charge in [0.1, 0.15) is 0 Å². The average Bonchev–Trinajstić information content (AvgIpc) is 3.14. The zero-order chi connectivity index (χ0) is 24.7. The van der Waals surface area contributed by atoms with E-state index in [-0.39, 0.29) is 17.8 Å². The topological polar surface area (TPSA) is 52.2 Å². The van der Waals surface area contributed by atoms with Crippen molar-refractivity contribution in [1.29, 1.82) is 0 Å². The van der Waals surface area contributed by atoms with E-state index >= 15 is 0 Å². The van der Waals surface area contributed by atoms with Crippen molar-refractivity contribution in [1.82, 2.24) is 19.4 Å². The molecule has 0 saturated heterocycles. The largest absolute Gasteiger partial charge is 0.416 e. The summed E-state index contributed by atoms with van der Waals surface area (Å²) in [7, 11) is 0. The van der Waals surface area contributed by atoms with E-state index in [0.717, 1.165) is 32.5 Å². The van der Waals surface area contributed by atoms with Gasteiger partial charge in [-0.15, -0.1) is 5.10 Å². The zero-order valence-electron chi connectivity index (χ0n) is 17.8. The Morgan fingerprint density at radius 1 is 0.857 bits per heavy atom. The molecular formula is C25H15Cl2F3N4O. The van der Waals surface area contributed by atoms with Crippen molar-refractivity contribution in [3.8, 4) is 22.3 Å². The predicted octanol–water partition coefficient (Wildman–Crippen LogP) is 6.60. The van der Waals surface area contributed by atoms with Crippen LogP contribution < -0.4 is 5.69 Å². The first-order valence-corrected chi connectivity index (χ1v) is 11.1. The lowest BCUT2D eigenvalue weighted by Crippen LogP contribution is -2.23. The number of aromatic nitrogens is 4. The standard InChI is InChI=1S/C25H15Cl2F3N4O/c26-19-8-4-16(5-9-19)21-13-31-34-23(22(21)17-6-10-20(27)11-7-17)32-33(24(34)35)14-15-2-1-3-18(12-15)25(28,29)30/h1-13H,14H2. The molecule has 0 N–H and O–H groups in total. The van der Waals surface area contributed by atoms with E-state index in [9.17, 15) is 18.0 Å². The number of nitrogens with zero attached hydrogens (tertiary/aromatic N) is 4. The molecule has 176 valence electrons. The van der Waals surface area contributed by atoms with Gasteiger partial charge in [0.2, 0.25) is 0 Å². The van der Waals surface area contributed by atoms with Gasteiger partial charge in [0.05, 0.1) is 18.3 Å². The molecule has 2 heterocycles. The first-order chi connectivity index (χ1) is 16.7. The fourth-order valence-corrected chi connectivity index (χ4v) is 4.08. The number of alkyl halides is 3. The minimum atomic E-state index is -4.49. The third-order valence-corrected chi connectivity index (χ3v) is 5.99. The number of halogens is 5. The number of hydrogen-bond donors (Lipinski definition) is 0. The molecule has 0 radical (unpaired) electrons. The maximum absolute atomic E-state index is 13.1. The molecule has 0 unspecified atom stereocenters. The molecule has 0 aliphatic heterocycles. The van der Waals surface area contributed by atoms with Crippen LogP contribution in [0.1, 0.15) is 11.1 Å². The summed E-state index contributed by atoms with van der Waals surface area (Å²) in [6.07, 6.45) is -2.94. The average molecular weight is 515 g/mol. The van der Waals surface area contributed by atoms with E-state index < -0.39 is 17.4 Å². The van der Waals surface area contributed by atoms with Crippen molar-refractivity contribution in [3.63, 3.8) is 0 Å². The zero-order valence-corrected chi connectivity index (χ0v) is 19.3. The van der Waals surface area contributed by atoms with Crippen molar-refractivity contribution in [3.05, 3.63) is 111 Å². The molecule has 0 fully saturated rings. The fraction of sp³-hybridized carbons (Fsp3) is 0.0800. The van der Waals surface area contributed by atoms with E-state index in [1.807, 2.05) is 12.1 Å². The number of hydrogen-bond acceptors (Lipinski definition) is 3. The van der Waals surface area contributed by atoms with E-state index in [4.69, 9.17) is 23.2 Å². The van der Waals surface area contributed by atoms with E-state index in [1.165, 1.54) is 12.1 Å². The Balaban J connectivity index is 1.69. The predicted molar refractivity (Wildman–Crippen MR) is 129 cm³/mol. The van der Waals surface area contributed by atoms with Gasteiger partial charge in [0.25, 0.3) is 0 Å². The minimum Gasteiger partial charge on any atom is -0.244 e. The van der Waals surface area contributed by atoms with Crippen LogP contribution >= 0.6 is 23.2 Å². The fourth-order valence-electron chi connectivity index (χ4n) is 3.83. The molecule has 10 heteroatoms. The van der Waals surface area contributed by atoms with Crippen LogP contribution in [0.2, 0.25) is 10.0 Å². The normalized spacial score (nSPS) is 11.8. The number of benzene rings is 3. The van der Waals surface area contributed by atoms with E-state index in [1.54, 1.807) is 42.6 Å². The summed E-state index contributed by atoms with van der Waals surface area (Å²) in [4.78, 5) is 13.1. The van der Waals surface area contributed by atoms with Gasteiger partial charge < -0.3 is 0 Å². The molecule has 0 saturated carbocycles. The Hall–Kier alpha value is -3.62. The second-order valence-corrected chi connectivity index (χ2v) is 8.69. The van der Waals surface area contributed by atoms with Crippen molar-refractivity contribution in [2.75, 3.05) is 0 Å². The Morgan fingerprint density at radius 3 is 2.11 bits per heavy atom. The highest BCUT2D eigenvalue weighted by Crippen LogP contribution is 2.35. The minimum absolute atomic E-state index is 0.150. The summed E-state index contributed by atoms with van der Waals surface area (Å²) in [5, 5.41) is 9.86. The maximum atomic E-state index is 13.1. The molecule has 5 rings (SSSR count).